The highest BCUT2D eigenvalue weighted by Crippen LogP contribution is 2.25. The zero-order valence-corrected chi connectivity index (χ0v) is 15.1. The van der Waals surface area contributed by atoms with Crippen LogP contribution in [-0.2, 0) is 0 Å². The minimum absolute atomic E-state index is 0.0475. The molecule has 2 fully saturated rings. The zero-order valence-electron chi connectivity index (χ0n) is 15.1. The molecule has 3 heterocycles. The van der Waals surface area contributed by atoms with Crippen molar-refractivity contribution < 1.29 is 4.79 Å². The lowest BCUT2D eigenvalue weighted by atomic mass is 9.99. The summed E-state index contributed by atoms with van der Waals surface area (Å²) >= 11 is 0. The predicted molar refractivity (Wildman–Crippen MR) is 96.3 cm³/mol. The van der Waals surface area contributed by atoms with Gasteiger partial charge in [0.25, 0.3) is 5.91 Å². The van der Waals surface area contributed by atoms with Gasteiger partial charge in [0.05, 0.1) is 12.4 Å². The van der Waals surface area contributed by atoms with E-state index in [-0.39, 0.29) is 5.91 Å². The van der Waals surface area contributed by atoms with Gasteiger partial charge in [0.15, 0.2) is 0 Å². The van der Waals surface area contributed by atoms with Crippen LogP contribution < -0.4 is 4.90 Å². The molecular weight excluding hydrogens is 300 g/mol. The molecule has 0 N–H and O–H groups in total. The molecule has 24 heavy (non-hydrogen) atoms. The molecule has 0 bridgehead atoms. The van der Waals surface area contributed by atoms with E-state index >= 15 is 0 Å². The number of piperidine rings is 2. The second kappa shape index (κ2) is 7.95. The maximum atomic E-state index is 12.8. The lowest BCUT2D eigenvalue weighted by Crippen LogP contribution is -2.44. The lowest BCUT2D eigenvalue weighted by Gasteiger charge is -2.36. The van der Waals surface area contributed by atoms with Gasteiger partial charge in [-0.3, -0.25) is 4.79 Å². The number of nitrogens with zero attached hydrogens (tertiary/aromatic N) is 4. The Balaban J connectivity index is 1.72. The predicted octanol–water partition coefficient (Wildman–Crippen LogP) is 3.65. The standard InChI is InChI=1S/C19H30N4O/c1-3-15-9-5-7-11-22(15)18-14-20-17(13-21-18)19(24)23-12-8-6-10-16(23)4-2/h13-16H,3-12H2,1-2H3. The summed E-state index contributed by atoms with van der Waals surface area (Å²) in [4.78, 5) is 26.2. The molecule has 1 aromatic rings. The van der Waals surface area contributed by atoms with E-state index in [1.165, 1.54) is 25.7 Å². The molecule has 1 aromatic heterocycles. The fraction of sp³-hybridized carbons (Fsp3) is 0.737. The highest BCUT2D eigenvalue weighted by molar-refractivity contribution is 5.92. The molecule has 3 rings (SSSR count). The van der Waals surface area contributed by atoms with Crippen molar-refractivity contribution in [3.8, 4) is 0 Å². The van der Waals surface area contributed by atoms with E-state index in [1.807, 2.05) is 4.90 Å². The monoisotopic (exact) mass is 330 g/mol. The molecule has 132 valence electrons. The van der Waals surface area contributed by atoms with Gasteiger partial charge in [-0.15, -0.1) is 0 Å². The number of anilines is 1. The number of rotatable bonds is 4. The summed E-state index contributed by atoms with van der Waals surface area (Å²) in [5, 5.41) is 0. The number of amides is 1. The lowest BCUT2D eigenvalue weighted by molar-refractivity contribution is 0.0601. The highest BCUT2D eigenvalue weighted by atomic mass is 16.2. The van der Waals surface area contributed by atoms with E-state index in [2.05, 4.69) is 28.7 Å². The molecule has 0 aliphatic carbocycles. The fourth-order valence-electron chi connectivity index (χ4n) is 4.15. The Hall–Kier alpha value is -1.65. The first kappa shape index (κ1) is 17.2. The average Bonchev–Trinajstić information content (AvgIpc) is 2.67. The fourth-order valence-corrected chi connectivity index (χ4v) is 4.15. The Morgan fingerprint density at radius 2 is 1.71 bits per heavy atom. The van der Waals surface area contributed by atoms with Gasteiger partial charge in [-0.1, -0.05) is 13.8 Å². The average molecular weight is 330 g/mol. The number of carbonyl (C=O) groups excluding carboxylic acids is 1. The number of likely N-dealkylation sites (tertiary alicyclic amines) is 1. The van der Waals surface area contributed by atoms with Crippen molar-refractivity contribution in [2.75, 3.05) is 18.0 Å². The van der Waals surface area contributed by atoms with E-state index in [0.29, 0.717) is 17.8 Å². The summed E-state index contributed by atoms with van der Waals surface area (Å²) in [6.45, 7) is 6.29. The minimum atomic E-state index is 0.0475. The Morgan fingerprint density at radius 1 is 1.00 bits per heavy atom. The molecule has 2 aliphatic heterocycles. The van der Waals surface area contributed by atoms with E-state index in [1.54, 1.807) is 12.4 Å². The summed E-state index contributed by atoms with van der Waals surface area (Å²) in [7, 11) is 0. The van der Waals surface area contributed by atoms with Gasteiger partial charge in [0.2, 0.25) is 0 Å². The molecule has 5 heteroatoms. The quantitative estimate of drug-likeness (QED) is 0.845. The molecule has 2 saturated heterocycles. The van der Waals surface area contributed by atoms with Crippen molar-refractivity contribution in [3.05, 3.63) is 18.1 Å². The Morgan fingerprint density at radius 3 is 2.38 bits per heavy atom. The van der Waals surface area contributed by atoms with Crippen molar-refractivity contribution in [3.63, 3.8) is 0 Å². The molecule has 5 nitrogen and oxygen atoms in total. The summed E-state index contributed by atoms with van der Waals surface area (Å²) in [5.41, 5.74) is 0.490. The maximum Gasteiger partial charge on any atom is 0.274 e. The minimum Gasteiger partial charge on any atom is -0.352 e. The van der Waals surface area contributed by atoms with Gasteiger partial charge in [-0.2, -0.15) is 0 Å². The van der Waals surface area contributed by atoms with Crippen LogP contribution in [0.25, 0.3) is 0 Å². The van der Waals surface area contributed by atoms with Gasteiger partial charge in [-0.05, 0) is 51.4 Å². The Kier molecular flexibility index (Phi) is 5.69. The van der Waals surface area contributed by atoms with Crippen LogP contribution in [0.3, 0.4) is 0 Å². The molecule has 0 aromatic carbocycles. The van der Waals surface area contributed by atoms with Gasteiger partial charge in [0, 0.05) is 25.2 Å². The first-order valence-electron chi connectivity index (χ1n) is 9.64. The van der Waals surface area contributed by atoms with Crippen LogP contribution in [0.5, 0.6) is 0 Å². The topological polar surface area (TPSA) is 49.3 Å². The largest absolute Gasteiger partial charge is 0.352 e. The summed E-state index contributed by atoms with van der Waals surface area (Å²) in [6.07, 6.45) is 12.8. The van der Waals surface area contributed by atoms with Crippen LogP contribution in [0.15, 0.2) is 12.4 Å². The second-order valence-corrected chi connectivity index (χ2v) is 7.07. The number of carbonyl (C=O) groups is 1. The van der Waals surface area contributed by atoms with Crippen molar-refractivity contribution in [2.24, 2.45) is 0 Å². The van der Waals surface area contributed by atoms with Gasteiger partial charge < -0.3 is 9.80 Å². The Labute approximate surface area is 145 Å². The summed E-state index contributed by atoms with van der Waals surface area (Å²) in [5.74, 6) is 0.968. The molecule has 1 amide bonds. The number of aromatic nitrogens is 2. The second-order valence-electron chi connectivity index (χ2n) is 7.07. The SMILES string of the molecule is CCC1CCCCN1C(=O)c1cnc(N2CCCCC2CC)cn1. The molecule has 0 saturated carbocycles. The highest BCUT2D eigenvalue weighted by Gasteiger charge is 2.28. The van der Waals surface area contributed by atoms with Crippen molar-refractivity contribution in [1.29, 1.82) is 0 Å². The third kappa shape index (κ3) is 3.55. The molecule has 2 unspecified atom stereocenters. The van der Waals surface area contributed by atoms with Gasteiger partial charge >= 0.3 is 0 Å². The summed E-state index contributed by atoms with van der Waals surface area (Å²) < 4.78 is 0. The third-order valence-electron chi connectivity index (χ3n) is 5.61. The van der Waals surface area contributed by atoms with Gasteiger partial charge in [0.1, 0.15) is 11.5 Å². The van der Waals surface area contributed by atoms with Crippen molar-refractivity contribution >= 4 is 11.7 Å². The maximum absolute atomic E-state index is 12.8. The number of hydrogen-bond acceptors (Lipinski definition) is 4. The van der Waals surface area contributed by atoms with Crippen molar-refractivity contribution in [1.82, 2.24) is 14.9 Å². The van der Waals surface area contributed by atoms with E-state index in [0.717, 1.165) is 44.6 Å². The first-order chi connectivity index (χ1) is 11.7. The van der Waals surface area contributed by atoms with Gasteiger partial charge in [-0.25, -0.2) is 9.97 Å². The molecular formula is C19H30N4O. The first-order valence-corrected chi connectivity index (χ1v) is 9.64. The molecule has 2 atom stereocenters. The smallest absolute Gasteiger partial charge is 0.274 e. The van der Waals surface area contributed by atoms with E-state index in [9.17, 15) is 4.79 Å². The normalized spacial score (nSPS) is 24.9. The summed E-state index contributed by atoms with van der Waals surface area (Å²) in [6, 6.07) is 0.917. The Bertz CT molecular complexity index is 545. The van der Waals surface area contributed by atoms with Crippen LogP contribution in [0.2, 0.25) is 0 Å². The van der Waals surface area contributed by atoms with E-state index < -0.39 is 0 Å². The molecule has 0 spiro atoms. The van der Waals surface area contributed by atoms with Crippen LogP contribution >= 0.6 is 0 Å². The van der Waals surface area contributed by atoms with Crippen molar-refractivity contribution in [2.45, 2.75) is 77.3 Å². The van der Waals surface area contributed by atoms with Crippen LogP contribution in [0.1, 0.15) is 75.7 Å². The third-order valence-corrected chi connectivity index (χ3v) is 5.61. The molecule has 0 radical (unpaired) electrons. The van der Waals surface area contributed by atoms with E-state index in [4.69, 9.17) is 0 Å². The van der Waals surface area contributed by atoms with Crippen LogP contribution in [0.4, 0.5) is 5.82 Å². The zero-order chi connectivity index (χ0) is 16.9. The van der Waals surface area contributed by atoms with Crippen LogP contribution in [-0.4, -0.2) is 45.9 Å². The molecule has 2 aliphatic rings. The van der Waals surface area contributed by atoms with Crippen LogP contribution in [0, 0.1) is 0 Å². The number of hydrogen-bond donors (Lipinski definition) is 0.